The Labute approximate surface area is 150 Å². The van der Waals surface area contributed by atoms with E-state index in [2.05, 4.69) is 24.0 Å². The molecule has 1 aliphatic carbocycles. The molecule has 2 aromatic rings. The Kier molecular flexibility index (Phi) is 3.87. The average Bonchev–Trinajstić information content (AvgIpc) is 3.08. The number of hydrogen-bond acceptors (Lipinski definition) is 4. The van der Waals surface area contributed by atoms with Crippen molar-refractivity contribution < 1.29 is 9.59 Å². The van der Waals surface area contributed by atoms with E-state index < -0.39 is 11.9 Å². The van der Waals surface area contributed by atoms with Crippen LogP contribution in [-0.2, 0) is 11.2 Å². The van der Waals surface area contributed by atoms with Crippen LogP contribution in [0.2, 0.25) is 0 Å². The molecule has 0 bridgehead atoms. The summed E-state index contributed by atoms with van der Waals surface area (Å²) in [4.78, 5) is 31.9. The smallest absolute Gasteiger partial charge is 0.274 e. The van der Waals surface area contributed by atoms with Crippen LogP contribution in [-0.4, -0.2) is 34.3 Å². The molecule has 1 aromatic heterocycles. The molecule has 1 aromatic carbocycles. The summed E-state index contributed by atoms with van der Waals surface area (Å²) >= 11 is 1.51. The maximum Gasteiger partial charge on any atom is 0.274 e. The van der Waals surface area contributed by atoms with E-state index in [4.69, 9.17) is 5.73 Å². The molecule has 2 aliphatic rings. The lowest BCUT2D eigenvalue weighted by molar-refractivity contribution is -0.122. The van der Waals surface area contributed by atoms with Crippen LogP contribution in [0.15, 0.2) is 24.3 Å². The van der Waals surface area contributed by atoms with E-state index in [0.717, 1.165) is 28.3 Å². The lowest BCUT2D eigenvalue weighted by atomic mass is 10.1. The third-order valence-electron chi connectivity index (χ3n) is 5.26. The molecule has 0 radical (unpaired) electrons. The zero-order valence-corrected chi connectivity index (χ0v) is 15.2. The number of carbonyl (C=O) groups is 2. The number of amides is 2. The summed E-state index contributed by atoms with van der Waals surface area (Å²) in [7, 11) is 0. The highest BCUT2D eigenvalue weighted by molar-refractivity contribution is 7.15. The number of aromatic nitrogens is 1. The van der Waals surface area contributed by atoms with E-state index in [0.29, 0.717) is 18.2 Å². The summed E-state index contributed by atoms with van der Waals surface area (Å²) in [6, 6.07) is 7.76. The topological polar surface area (TPSA) is 76.3 Å². The maximum absolute atomic E-state index is 13.1. The largest absolute Gasteiger partial charge is 0.368 e. The maximum atomic E-state index is 13.1. The van der Waals surface area contributed by atoms with E-state index >= 15 is 0 Å². The van der Waals surface area contributed by atoms with Crippen LogP contribution in [0.5, 0.6) is 0 Å². The van der Waals surface area contributed by atoms with E-state index in [-0.39, 0.29) is 11.8 Å². The molecule has 2 fully saturated rings. The molecule has 1 saturated carbocycles. The minimum absolute atomic E-state index is 0.171. The third-order valence-corrected chi connectivity index (χ3v) is 6.28. The number of aryl methyl sites for hydroxylation is 2. The van der Waals surface area contributed by atoms with Crippen molar-refractivity contribution in [3.63, 3.8) is 0 Å². The number of thiazole rings is 1. The molecule has 2 heterocycles. The normalized spacial score (nSPS) is 24.2. The average molecular weight is 355 g/mol. The second kappa shape index (κ2) is 5.95. The molecule has 6 heteroatoms. The monoisotopic (exact) mass is 355 g/mol. The fourth-order valence-electron chi connectivity index (χ4n) is 3.83. The van der Waals surface area contributed by atoms with Crippen molar-refractivity contribution in [3.05, 3.63) is 40.5 Å². The predicted octanol–water partition coefficient (Wildman–Crippen LogP) is 2.63. The molecule has 1 aliphatic heterocycles. The first-order chi connectivity index (χ1) is 12.0. The molecule has 2 amide bonds. The van der Waals surface area contributed by atoms with Gasteiger partial charge in [-0.3, -0.25) is 9.59 Å². The Bertz CT molecular complexity index is 843. The molecule has 3 atom stereocenters. The number of primary amides is 1. The summed E-state index contributed by atoms with van der Waals surface area (Å²) in [6.45, 7) is 4.63. The number of likely N-dealkylation sites (tertiary alicyclic amines) is 1. The van der Waals surface area contributed by atoms with E-state index in [1.165, 1.54) is 16.9 Å². The number of hydrogen-bond donors (Lipinski definition) is 1. The molecule has 1 saturated heterocycles. The number of piperidine rings is 1. The van der Waals surface area contributed by atoms with Crippen LogP contribution in [0.3, 0.4) is 0 Å². The van der Waals surface area contributed by atoms with Crippen molar-refractivity contribution in [1.82, 2.24) is 9.88 Å². The second-order valence-corrected chi connectivity index (χ2v) is 8.13. The minimum atomic E-state index is -0.477. The molecule has 25 heavy (non-hydrogen) atoms. The standard InChI is InChI=1S/C19H21N3O2S/c1-3-11-4-6-12(7-5-11)17-15(21-10(2)25-17)19(24)22-9-13-8-14(13)16(22)18(20)23/h4-7,13-14,16H,3,8-9H2,1-2H3,(H2,20,23)/t13-,14-,16-/m0/s1. The Morgan fingerprint density at radius 1 is 1.32 bits per heavy atom. The predicted molar refractivity (Wildman–Crippen MR) is 97.3 cm³/mol. The van der Waals surface area contributed by atoms with Crippen molar-refractivity contribution in [3.8, 4) is 10.4 Å². The highest BCUT2D eigenvalue weighted by Gasteiger charge is 2.56. The van der Waals surface area contributed by atoms with Gasteiger partial charge in [0.25, 0.3) is 5.91 Å². The SMILES string of the molecule is CCc1ccc(-c2sc(C)nc2C(=O)N2C[C@@H]3C[C@@H]3[C@H]2C(N)=O)cc1. The first-order valence-corrected chi connectivity index (χ1v) is 9.48. The lowest BCUT2D eigenvalue weighted by Crippen LogP contribution is -2.46. The van der Waals surface area contributed by atoms with Crippen molar-refractivity contribution in [2.45, 2.75) is 32.7 Å². The zero-order valence-electron chi connectivity index (χ0n) is 14.4. The van der Waals surface area contributed by atoms with Crippen LogP contribution >= 0.6 is 11.3 Å². The van der Waals surface area contributed by atoms with Gasteiger partial charge in [-0.15, -0.1) is 11.3 Å². The first kappa shape index (κ1) is 16.3. The fraction of sp³-hybridized carbons (Fsp3) is 0.421. The zero-order chi connectivity index (χ0) is 17.7. The van der Waals surface area contributed by atoms with E-state index in [1.54, 1.807) is 4.90 Å². The van der Waals surface area contributed by atoms with Crippen molar-refractivity contribution >= 4 is 23.2 Å². The van der Waals surface area contributed by atoms with Gasteiger partial charge in [0.05, 0.1) is 9.88 Å². The summed E-state index contributed by atoms with van der Waals surface area (Å²) in [5, 5.41) is 0.845. The molecule has 4 rings (SSSR count). The Balaban J connectivity index is 1.68. The van der Waals surface area contributed by atoms with Crippen LogP contribution < -0.4 is 5.73 Å². The Morgan fingerprint density at radius 3 is 2.68 bits per heavy atom. The molecular weight excluding hydrogens is 334 g/mol. The van der Waals surface area contributed by atoms with E-state index in [9.17, 15) is 9.59 Å². The number of benzene rings is 1. The molecule has 2 N–H and O–H groups in total. The number of nitrogens with zero attached hydrogens (tertiary/aromatic N) is 2. The minimum Gasteiger partial charge on any atom is -0.368 e. The van der Waals surface area contributed by atoms with Crippen molar-refractivity contribution in [2.75, 3.05) is 6.54 Å². The molecular formula is C19H21N3O2S. The fourth-order valence-corrected chi connectivity index (χ4v) is 4.75. The summed E-state index contributed by atoms with van der Waals surface area (Å²) < 4.78 is 0. The van der Waals surface area contributed by atoms with Crippen LogP contribution in [0.4, 0.5) is 0 Å². The van der Waals surface area contributed by atoms with Gasteiger partial charge >= 0.3 is 0 Å². The van der Waals surface area contributed by atoms with Gasteiger partial charge in [-0.05, 0) is 42.7 Å². The molecule has 0 unspecified atom stereocenters. The number of carbonyl (C=O) groups excluding carboxylic acids is 2. The number of fused-ring (bicyclic) bond motifs is 1. The van der Waals surface area contributed by atoms with Gasteiger partial charge in [-0.25, -0.2) is 4.98 Å². The number of rotatable bonds is 4. The lowest BCUT2D eigenvalue weighted by Gasteiger charge is -2.24. The summed E-state index contributed by atoms with van der Waals surface area (Å²) in [6.07, 6.45) is 1.98. The third kappa shape index (κ3) is 2.74. The van der Waals surface area contributed by atoms with Gasteiger partial charge in [-0.2, -0.15) is 0 Å². The van der Waals surface area contributed by atoms with Gasteiger partial charge in [-0.1, -0.05) is 31.2 Å². The molecule has 0 spiro atoms. The number of nitrogens with two attached hydrogens (primary N) is 1. The van der Waals surface area contributed by atoms with Gasteiger partial charge in [0, 0.05) is 6.54 Å². The van der Waals surface area contributed by atoms with Crippen molar-refractivity contribution in [2.24, 2.45) is 17.6 Å². The highest BCUT2D eigenvalue weighted by atomic mass is 32.1. The Morgan fingerprint density at radius 2 is 2.04 bits per heavy atom. The van der Waals surface area contributed by atoms with Gasteiger partial charge < -0.3 is 10.6 Å². The second-order valence-electron chi connectivity index (χ2n) is 6.93. The van der Waals surface area contributed by atoms with Crippen LogP contribution in [0.25, 0.3) is 10.4 Å². The van der Waals surface area contributed by atoms with Gasteiger partial charge in [0.2, 0.25) is 5.91 Å². The Hall–Kier alpha value is -2.21. The summed E-state index contributed by atoms with van der Waals surface area (Å²) in [5.74, 6) is 0.0935. The van der Waals surface area contributed by atoms with Crippen LogP contribution in [0.1, 0.15) is 34.4 Å². The quantitative estimate of drug-likeness (QED) is 0.916. The first-order valence-electron chi connectivity index (χ1n) is 8.66. The highest BCUT2D eigenvalue weighted by Crippen LogP contribution is 2.50. The molecule has 5 nitrogen and oxygen atoms in total. The van der Waals surface area contributed by atoms with Crippen molar-refractivity contribution in [1.29, 1.82) is 0 Å². The molecule has 130 valence electrons. The van der Waals surface area contributed by atoms with Crippen LogP contribution in [0, 0.1) is 18.8 Å². The van der Waals surface area contributed by atoms with Gasteiger partial charge in [0.15, 0.2) is 0 Å². The van der Waals surface area contributed by atoms with Gasteiger partial charge in [0.1, 0.15) is 11.7 Å². The van der Waals surface area contributed by atoms with E-state index in [1.807, 2.05) is 19.1 Å². The summed E-state index contributed by atoms with van der Waals surface area (Å²) in [5.41, 5.74) is 8.25.